The molecule has 0 aliphatic carbocycles. The summed E-state index contributed by atoms with van der Waals surface area (Å²) in [5, 5.41) is 15.6. The van der Waals surface area contributed by atoms with Gasteiger partial charge < -0.3 is 5.11 Å². The topological polar surface area (TPSA) is 68.0 Å². The van der Waals surface area contributed by atoms with E-state index in [1.807, 2.05) is 0 Å². The summed E-state index contributed by atoms with van der Waals surface area (Å²) in [7, 11) is 0. The highest BCUT2D eigenvalue weighted by Crippen LogP contribution is 2.15. The first-order valence-electron chi connectivity index (χ1n) is 4.65. The van der Waals surface area contributed by atoms with Gasteiger partial charge in [-0.15, -0.1) is 5.10 Å². The van der Waals surface area contributed by atoms with Crippen molar-refractivity contribution in [1.29, 1.82) is 0 Å². The first-order valence-corrected chi connectivity index (χ1v) is 5.03. The van der Waals surface area contributed by atoms with Crippen LogP contribution in [0.25, 0.3) is 0 Å². The third-order valence-corrected chi connectivity index (χ3v) is 2.53. The van der Waals surface area contributed by atoms with Crippen LogP contribution in [-0.2, 0) is 6.54 Å². The lowest BCUT2D eigenvalue weighted by molar-refractivity contribution is 0.0690. The maximum absolute atomic E-state index is 13.4. The fourth-order valence-electron chi connectivity index (χ4n) is 1.32. The first-order chi connectivity index (χ1) is 8.09. The zero-order valence-electron chi connectivity index (χ0n) is 8.47. The van der Waals surface area contributed by atoms with Gasteiger partial charge in [-0.05, 0) is 6.07 Å². The number of carboxylic acid groups (broad SMARTS) is 1. The van der Waals surface area contributed by atoms with Gasteiger partial charge in [-0.3, -0.25) is 0 Å². The van der Waals surface area contributed by atoms with E-state index in [9.17, 15) is 9.18 Å². The monoisotopic (exact) mass is 255 g/mol. The van der Waals surface area contributed by atoms with Gasteiger partial charge in [0.05, 0.1) is 6.54 Å². The molecule has 1 heterocycles. The van der Waals surface area contributed by atoms with Crippen molar-refractivity contribution in [2.45, 2.75) is 6.54 Å². The van der Waals surface area contributed by atoms with Crippen LogP contribution >= 0.6 is 11.6 Å². The number of halogens is 2. The third kappa shape index (κ3) is 2.26. The Morgan fingerprint density at radius 1 is 1.47 bits per heavy atom. The fraction of sp³-hybridized carbons (Fsp3) is 0.100. The van der Waals surface area contributed by atoms with E-state index in [0.717, 1.165) is 4.68 Å². The SMILES string of the molecule is O=C(O)c1nnn(Cc2ccccc2F)c1Cl. The molecule has 0 spiro atoms. The van der Waals surface area contributed by atoms with Crippen LogP contribution in [0.4, 0.5) is 4.39 Å². The zero-order valence-corrected chi connectivity index (χ0v) is 9.23. The minimum atomic E-state index is -1.27. The molecule has 0 fully saturated rings. The van der Waals surface area contributed by atoms with Crippen LogP contribution in [0, 0.1) is 5.82 Å². The zero-order chi connectivity index (χ0) is 12.4. The van der Waals surface area contributed by atoms with Crippen LogP contribution in [0.5, 0.6) is 0 Å². The van der Waals surface area contributed by atoms with Crippen LogP contribution in [0.15, 0.2) is 24.3 Å². The Balaban J connectivity index is 2.31. The molecule has 0 aliphatic heterocycles. The van der Waals surface area contributed by atoms with Crippen molar-refractivity contribution < 1.29 is 14.3 Å². The molecule has 0 saturated heterocycles. The van der Waals surface area contributed by atoms with E-state index in [1.54, 1.807) is 18.2 Å². The largest absolute Gasteiger partial charge is 0.476 e. The molecule has 17 heavy (non-hydrogen) atoms. The van der Waals surface area contributed by atoms with Gasteiger partial charge in [0.15, 0.2) is 5.15 Å². The summed E-state index contributed by atoms with van der Waals surface area (Å²) in [5.74, 6) is -1.68. The van der Waals surface area contributed by atoms with Gasteiger partial charge in [0.25, 0.3) is 0 Å². The Kier molecular flexibility index (Phi) is 3.06. The van der Waals surface area contributed by atoms with Crippen LogP contribution in [0.3, 0.4) is 0 Å². The Morgan fingerprint density at radius 3 is 2.76 bits per heavy atom. The number of benzene rings is 1. The Hall–Kier alpha value is -1.95. The molecule has 0 saturated carbocycles. The standard InChI is InChI=1S/C10H7ClFN3O2/c11-9-8(10(16)17)13-14-15(9)5-6-3-1-2-4-7(6)12/h1-4H,5H2,(H,16,17). The number of aromatic nitrogens is 3. The maximum atomic E-state index is 13.4. The molecule has 0 amide bonds. The second kappa shape index (κ2) is 4.50. The average Bonchev–Trinajstić information content (AvgIpc) is 2.64. The van der Waals surface area contributed by atoms with Gasteiger partial charge in [-0.2, -0.15) is 0 Å². The molecule has 88 valence electrons. The van der Waals surface area contributed by atoms with Gasteiger partial charge >= 0.3 is 5.97 Å². The smallest absolute Gasteiger partial charge is 0.359 e. The number of nitrogens with zero attached hydrogens (tertiary/aromatic N) is 3. The van der Waals surface area contributed by atoms with Crippen molar-refractivity contribution in [2.24, 2.45) is 0 Å². The van der Waals surface area contributed by atoms with E-state index in [4.69, 9.17) is 16.7 Å². The molecule has 2 rings (SSSR count). The summed E-state index contributed by atoms with van der Waals surface area (Å²) >= 11 is 5.76. The van der Waals surface area contributed by atoms with E-state index in [1.165, 1.54) is 6.07 Å². The second-order valence-electron chi connectivity index (χ2n) is 3.28. The molecule has 0 aliphatic rings. The predicted octanol–water partition coefficient (Wildman–Crippen LogP) is 1.82. The van der Waals surface area contributed by atoms with Crippen LogP contribution in [-0.4, -0.2) is 26.1 Å². The average molecular weight is 256 g/mol. The summed E-state index contributed by atoms with van der Waals surface area (Å²) in [6.07, 6.45) is 0. The van der Waals surface area contributed by atoms with E-state index in [-0.39, 0.29) is 17.4 Å². The highest BCUT2D eigenvalue weighted by molar-refractivity contribution is 6.32. The summed E-state index contributed by atoms with van der Waals surface area (Å²) in [4.78, 5) is 10.7. The molecule has 1 aromatic carbocycles. The highest BCUT2D eigenvalue weighted by atomic mass is 35.5. The second-order valence-corrected chi connectivity index (χ2v) is 3.64. The Labute approximate surface area is 100 Å². The summed E-state index contributed by atoms with van der Waals surface area (Å²) in [6.45, 7) is 0.0335. The molecule has 0 bridgehead atoms. The van der Waals surface area contributed by atoms with E-state index in [0.29, 0.717) is 5.56 Å². The molecular weight excluding hydrogens is 249 g/mol. The molecule has 1 N–H and O–H groups in total. The lowest BCUT2D eigenvalue weighted by Crippen LogP contribution is -2.04. The van der Waals surface area contributed by atoms with Crippen molar-refractivity contribution >= 4 is 17.6 Å². The number of rotatable bonds is 3. The number of hydrogen-bond acceptors (Lipinski definition) is 3. The van der Waals surface area contributed by atoms with Crippen LogP contribution in [0.1, 0.15) is 16.1 Å². The number of carboxylic acids is 1. The molecule has 0 unspecified atom stereocenters. The quantitative estimate of drug-likeness (QED) is 0.908. The van der Waals surface area contributed by atoms with Crippen LogP contribution < -0.4 is 0 Å². The lowest BCUT2D eigenvalue weighted by Gasteiger charge is -2.03. The molecule has 7 heteroatoms. The van der Waals surface area contributed by atoms with Crippen LogP contribution in [0.2, 0.25) is 5.15 Å². The summed E-state index contributed by atoms with van der Waals surface area (Å²) < 4.78 is 14.5. The molecule has 2 aromatic rings. The third-order valence-electron chi connectivity index (χ3n) is 2.16. The van der Waals surface area contributed by atoms with Gasteiger partial charge in [-0.1, -0.05) is 35.0 Å². The van der Waals surface area contributed by atoms with Crippen molar-refractivity contribution in [2.75, 3.05) is 0 Å². The minimum Gasteiger partial charge on any atom is -0.476 e. The predicted molar refractivity (Wildman–Crippen MR) is 57.5 cm³/mol. The molecule has 0 radical (unpaired) electrons. The molecular formula is C10H7ClFN3O2. The maximum Gasteiger partial charge on any atom is 0.359 e. The van der Waals surface area contributed by atoms with E-state index >= 15 is 0 Å². The van der Waals surface area contributed by atoms with Gasteiger partial charge in [-0.25, -0.2) is 13.9 Å². The fourth-order valence-corrected chi connectivity index (χ4v) is 1.53. The van der Waals surface area contributed by atoms with Gasteiger partial charge in [0.1, 0.15) is 5.82 Å². The normalized spacial score (nSPS) is 10.5. The summed E-state index contributed by atoms with van der Waals surface area (Å²) in [5.41, 5.74) is 0.0132. The van der Waals surface area contributed by atoms with Crippen molar-refractivity contribution in [3.8, 4) is 0 Å². The molecule has 5 nitrogen and oxygen atoms in total. The minimum absolute atomic E-state index is 0.0335. The molecule has 1 aromatic heterocycles. The first kappa shape index (κ1) is 11.5. The summed E-state index contributed by atoms with van der Waals surface area (Å²) in [6, 6.07) is 6.10. The number of carbonyl (C=O) groups is 1. The van der Waals surface area contributed by atoms with Crippen molar-refractivity contribution in [3.05, 3.63) is 46.5 Å². The van der Waals surface area contributed by atoms with E-state index < -0.39 is 11.8 Å². The van der Waals surface area contributed by atoms with Crippen molar-refractivity contribution in [3.63, 3.8) is 0 Å². The number of aromatic carboxylic acids is 1. The highest BCUT2D eigenvalue weighted by Gasteiger charge is 2.17. The Morgan fingerprint density at radius 2 is 2.18 bits per heavy atom. The molecule has 0 atom stereocenters. The Bertz CT molecular complexity index is 570. The number of hydrogen-bond donors (Lipinski definition) is 1. The van der Waals surface area contributed by atoms with Gasteiger partial charge in [0, 0.05) is 5.56 Å². The van der Waals surface area contributed by atoms with E-state index in [2.05, 4.69) is 10.3 Å². The van der Waals surface area contributed by atoms with Crippen molar-refractivity contribution in [1.82, 2.24) is 15.0 Å². The van der Waals surface area contributed by atoms with Gasteiger partial charge in [0.2, 0.25) is 5.69 Å². The lowest BCUT2D eigenvalue weighted by atomic mass is 10.2.